The summed E-state index contributed by atoms with van der Waals surface area (Å²) >= 11 is 0. The lowest BCUT2D eigenvalue weighted by Crippen LogP contribution is -2.14. The van der Waals surface area contributed by atoms with Gasteiger partial charge in [-0.25, -0.2) is 0 Å². The molecule has 1 aromatic heterocycles. The molecule has 0 aliphatic heterocycles. The van der Waals surface area contributed by atoms with Crippen LogP contribution in [0.1, 0.15) is 19.5 Å². The zero-order chi connectivity index (χ0) is 13.0. The lowest BCUT2D eigenvalue weighted by atomic mass is 10.1. The number of aromatic nitrogens is 2. The molecule has 0 bridgehead atoms. The Balaban J connectivity index is 2.23. The Morgan fingerprint density at radius 3 is 2.28 bits per heavy atom. The second-order valence-electron chi connectivity index (χ2n) is 4.48. The maximum Gasteiger partial charge on any atom is 0.136 e. The van der Waals surface area contributed by atoms with Crippen LogP contribution in [0.5, 0.6) is 0 Å². The second-order valence-corrected chi connectivity index (χ2v) is 4.48. The number of benzene rings is 1. The molecule has 1 heterocycles. The molecule has 2 aromatic rings. The van der Waals surface area contributed by atoms with Crippen molar-refractivity contribution >= 4 is 0 Å². The molecular formula is C15H14N2O. The fourth-order valence-electron chi connectivity index (χ4n) is 1.38. The number of nitrogens with zero attached hydrogens (tertiary/aromatic N) is 2. The van der Waals surface area contributed by atoms with Crippen LogP contribution in [0.4, 0.5) is 0 Å². The molecule has 3 nitrogen and oxygen atoms in total. The lowest BCUT2D eigenvalue weighted by Gasteiger charge is -2.05. The molecular weight excluding hydrogens is 224 g/mol. The predicted molar refractivity (Wildman–Crippen MR) is 70.6 cm³/mol. The highest BCUT2D eigenvalue weighted by atomic mass is 16.3. The van der Waals surface area contributed by atoms with E-state index in [1.54, 1.807) is 19.9 Å². The van der Waals surface area contributed by atoms with Crippen LogP contribution in [0.25, 0.3) is 11.3 Å². The normalized spacial score (nSPS) is 10.6. The lowest BCUT2D eigenvalue weighted by molar-refractivity contribution is 0.143. The number of aliphatic hydroxyl groups is 1. The molecule has 0 saturated heterocycles. The van der Waals surface area contributed by atoms with Crippen molar-refractivity contribution in [2.45, 2.75) is 19.4 Å². The summed E-state index contributed by atoms with van der Waals surface area (Å²) in [6.07, 6.45) is 0. The molecule has 1 N–H and O–H groups in total. The molecule has 90 valence electrons. The molecule has 0 aliphatic rings. The zero-order valence-corrected chi connectivity index (χ0v) is 10.4. The molecule has 3 heteroatoms. The van der Waals surface area contributed by atoms with Crippen LogP contribution >= 0.6 is 0 Å². The van der Waals surface area contributed by atoms with Crippen molar-refractivity contribution in [1.82, 2.24) is 10.2 Å². The molecule has 0 atom stereocenters. The highest BCUT2D eigenvalue weighted by Crippen LogP contribution is 2.14. The zero-order valence-electron chi connectivity index (χ0n) is 10.4. The molecule has 0 radical (unpaired) electrons. The van der Waals surface area contributed by atoms with Gasteiger partial charge in [-0.3, -0.25) is 0 Å². The highest BCUT2D eigenvalue weighted by molar-refractivity contribution is 5.58. The summed E-state index contributed by atoms with van der Waals surface area (Å²) in [5.74, 6) is 5.49. The summed E-state index contributed by atoms with van der Waals surface area (Å²) in [5.41, 5.74) is 1.37. The molecule has 2 rings (SSSR count). The minimum atomic E-state index is -1.01. The van der Waals surface area contributed by atoms with Crippen LogP contribution in [0.15, 0.2) is 42.5 Å². The number of hydrogen-bond donors (Lipinski definition) is 1. The van der Waals surface area contributed by atoms with Crippen LogP contribution in [0.2, 0.25) is 0 Å². The third-order valence-electron chi connectivity index (χ3n) is 2.23. The first-order chi connectivity index (χ1) is 8.54. The summed E-state index contributed by atoms with van der Waals surface area (Å²) in [5, 5.41) is 17.6. The van der Waals surface area contributed by atoms with Gasteiger partial charge in [0.15, 0.2) is 0 Å². The van der Waals surface area contributed by atoms with Gasteiger partial charge in [-0.05, 0) is 31.9 Å². The molecule has 0 fully saturated rings. The van der Waals surface area contributed by atoms with E-state index in [1.165, 1.54) is 0 Å². The average Bonchev–Trinajstić information content (AvgIpc) is 2.37. The standard InChI is InChI=1S/C15H14N2O/c1-15(2,18)11-10-13-8-9-14(17-16-13)12-6-4-3-5-7-12/h3-9,18H,1-2H3. The Labute approximate surface area is 107 Å². The van der Waals surface area contributed by atoms with E-state index in [1.807, 2.05) is 36.4 Å². The Kier molecular flexibility index (Phi) is 3.40. The van der Waals surface area contributed by atoms with Crippen molar-refractivity contribution in [3.63, 3.8) is 0 Å². The Bertz CT molecular complexity index is 572. The molecule has 0 spiro atoms. The number of rotatable bonds is 1. The van der Waals surface area contributed by atoms with E-state index < -0.39 is 5.60 Å². The van der Waals surface area contributed by atoms with Crippen LogP contribution in [-0.2, 0) is 0 Å². The fraction of sp³-hybridized carbons (Fsp3) is 0.200. The fourth-order valence-corrected chi connectivity index (χ4v) is 1.38. The maximum absolute atomic E-state index is 9.49. The van der Waals surface area contributed by atoms with E-state index in [4.69, 9.17) is 0 Å². The Morgan fingerprint density at radius 1 is 1.00 bits per heavy atom. The summed E-state index contributed by atoms with van der Waals surface area (Å²) < 4.78 is 0. The van der Waals surface area contributed by atoms with Gasteiger partial charge in [0.05, 0.1) is 5.69 Å². The van der Waals surface area contributed by atoms with Crippen molar-refractivity contribution in [2.24, 2.45) is 0 Å². The second kappa shape index (κ2) is 4.99. The van der Waals surface area contributed by atoms with E-state index in [9.17, 15) is 5.11 Å². The van der Waals surface area contributed by atoms with Crippen molar-refractivity contribution in [3.05, 3.63) is 48.2 Å². The third kappa shape index (κ3) is 3.41. The minimum absolute atomic E-state index is 0.553. The first kappa shape index (κ1) is 12.3. The molecule has 0 aliphatic carbocycles. The summed E-state index contributed by atoms with van der Waals surface area (Å²) in [7, 11) is 0. The van der Waals surface area contributed by atoms with Crippen molar-refractivity contribution in [2.75, 3.05) is 0 Å². The van der Waals surface area contributed by atoms with Gasteiger partial charge in [0.1, 0.15) is 11.3 Å². The molecule has 1 aromatic carbocycles. The average molecular weight is 238 g/mol. The van der Waals surface area contributed by atoms with Crippen molar-refractivity contribution in [1.29, 1.82) is 0 Å². The monoisotopic (exact) mass is 238 g/mol. The van der Waals surface area contributed by atoms with Gasteiger partial charge >= 0.3 is 0 Å². The Morgan fingerprint density at radius 2 is 1.72 bits per heavy atom. The molecule has 0 unspecified atom stereocenters. The quantitative estimate of drug-likeness (QED) is 0.775. The van der Waals surface area contributed by atoms with Crippen molar-refractivity contribution in [3.8, 4) is 23.1 Å². The van der Waals surface area contributed by atoms with Crippen LogP contribution in [0, 0.1) is 11.8 Å². The van der Waals surface area contributed by atoms with Crippen LogP contribution < -0.4 is 0 Å². The first-order valence-corrected chi connectivity index (χ1v) is 5.69. The van der Waals surface area contributed by atoms with Gasteiger partial charge in [0.25, 0.3) is 0 Å². The van der Waals surface area contributed by atoms with Gasteiger partial charge in [-0.1, -0.05) is 36.3 Å². The summed E-state index contributed by atoms with van der Waals surface area (Å²) in [6, 6.07) is 13.5. The highest BCUT2D eigenvalue weighted by Gasteiger charge is 2.06. The van der Waals surface area contributed by atoms with Crippen LogP contribution in [0.3, 0.4) is 0 Å². The predicted octanol–water partition coefficient (Wildman–Crippen LogP) is 2.27. The van der Waals surface area contributed by atoms with Gasteiger partial charge in [-0.15, -0.1) is 10.2 Å². The van der Waals surface area contributed by atoms with E-state index in [-0.39, 0.29) is 0 Å². The van der Waals surface area contributed by atoms with E-state index in [2.05, 4.69) is 22.0 Å². The molecule has 0 saturated carbocycles. The minimum Gasteiger partial charge on any atom is -0.378 e. The van der Waals surface area contributed by atoms with E-state index in [0.29, 0.717) is 5.69 Å². The van der Waals surface area contributed by atoms with E-state index in [0.717, 1.165) is 11.3 Å². The topological polar surface area (TPSA) is 46.0 Å². The molecule has 18 heavy (non-hydrogen) atoms. The Hall–Kier alpha value is -2.18. The van der Waals surface area contributed by atoms with Crippen molar-refractivity contribution < 1.29 is 5.11 Å². The molecule has 0 amide bonds. The van der Waals surface area contributed by atoms with Gasteiger partial charge in [0.2, 0.25) is 0 Å². The summed E-state index contributed by atoms with van der Waals surface area (Å²) in [6.45, 7) is 3.26. The largest absolute Gasteiger partial charge is 0.378 e. The summed E-state index contributed by atoms with van der Waals surface area (Å²) in [4.78, 5) is 0. The maximum atomic E-state index is 9.49. The SMILES string of the molecule is CC(C)(O)C#Cc1ccc(-c2ccccc2)nn1. The van der Waals surface area contributed by atoms with Gasteiger partial charge in [0, 0.05) is 5.56 Å². The first-order valence-electron chi connectivity index (χ1n) is 5.69. The van der Waals surface area contributed by atoms with Gasteiger partial charge in [-0.2, -0.15) is 0 Å². The van der Waals surface area contributed by atoms with Gasteiger partial charge < -0.3 is 5.11 Å². The number of hydrogen-bond acceptors (Lipinski definition) is 3. The smallest absolute Gasteiger partial charge is 0.136 e. The van der Waals surface area contributed by atoms with E-state index >= 15 is 0 Å². The van der Waals surface area contributed by atoms with Crippen LogP contribution in [-0.4, -0.2) is 20.9 Å². The third-order valence-corrected chi connectivity index (χ3v) is 2.23.